The van der Waals surface area contributed by atoms with Gasteiger partial charge in [-0.3, -0.25) is 9.59 Å². The second-order valence-corrected chi connectivity index (χ2v) is 7.85. The lowest BCUT2D eigenvalue weighted by Gasteiger charge is -2.13. The van der Waals surface area contributed by atoms with E-state index < -0.39 is 48.5 Å². The molecular formula is C17H28F6N4O4. The lowest BCUT2D eigenvalue weighted by Crippen LogP contribution is -2.42. The highest BCUT2D eigenvalue weighted by atomic mass is 19.4. The van der Waals surface area contributed by atoms with Crippen molar-refractivity contribution in [3.05, 3.63) is 0 Å². The molecule has 0 radical (unpaired) electrons. The lowest BCUT2D eigenvalue weighted by atomic mass is 10.1. The van der Waals surface area contributed by atoms with Crippen LogP contribution >= 0.6 is 0 Å². The topological polar surface area (TPSA) is 101 Å². The Morgan fingerprint density at radius 1 is 0.806 bits per heavy atom. The molecule has 2 aliphatic heterocycles. The Morgan fingerprint density at radius 3 is 1.55 bits per heavy atom. The zero-order chi connectivity index (χ0) is 24.0. The van der Waals surface area contributed by atoms with Crippen molar-refractivity contribution in [1.82, 2.24) is 21.7 Å². The highest BCUT2D eigenvalue weighted by molar-refractivity contribution is 5.76. The lowest BCUT2D eigenvalue weighted by molar-refractivity contribution is -0.156. The second kappa shape index (κ2) is 11.3. The van der Waals surface area contributed by atoms with Crippen molar-refractivity contribution in [2.75, 3.05) is 6.61 Å². The quantitative estimate of drug-likeness (QED) is 0.359. The summed E-state index contributed by atoms with van der Waals surface area (Å²) in [6.07, 6.45) is -9.70. The number of nitrogens with one attached hydrogen (secondary N) is 4. The van der Waals surface area contributed by atoms with Crippen molar-refractivity contribution in [1.29, 1.82) is 0 Å². The molecular weight excluding hydrogens is 438 g/mol. The van der Waals surface area contributed by atoms with E-state index in [1.165, 1.54) is 0 Å². The average Bonchev–Trinajstić information content (AvgIpc) is 3.28. The summed E-state index contributed by atoms with van der Waals surface area (Å²) >= 11 is 0. The molecule has 14 heteroatoms. The molecule has 2 fully saturated rings. The third kappa shape index (κ3) is 9.58. The number of hydrogen-bond donors (Lipinski definition) is 4. The highest BCUT2D eigenvalue weighted by Gasteiger charge is 2.47. The van der Waals surface area contributed by atoms with Crippen LogP contribution in [-0.4, -0.2) is 61.2 Å². The molecule has 4 atom stereocenters. The Kier molecular flexibility index (Phi) is 9.98. The largest absolute Gasteiger partial charge is 0.464 e. The molecule has 182 valence electrons. The Labute approximate surface area is 175 Å². The minimum atomic E-state index is -4.35. The van der Waals surface area contributed by atoms with Gasteiger partial charge >= 0.3 is 24.3 Å². The molecule has 4 unspecified atom stereocenters. The van der Waals surface area contributed by atoms with Gasteiger partial charge in [-0.2, -0.15) is 26.3 Å². The maximum atomic E-state index is 12.3. The summed E-state index contributed by atoms with van der Waals surface area (Å²) in [7, 11) is 0. The Morgan fingerprint density at radius 2 is 1.23 bits per heavy atom. The molecule has 2 aliphatic rings. The van der Waals surface area contributed by atoms with Crippen LogP contribution in [0.3, 0.4) is 0 Å². The zero-order valence-corrected chi connectivity index (χ0v) is 17.5. The van der Waals surface area contributed by atoms with Gasteiger partial charge in [0.05, 0.1) is 12.7 Å². The van der Waals surface area contributed by atoms with Crippen LogP contribution in [0.2, 0.25) is 0 Å². The number of alkyl halides is 6. The monoisotopic (exact) mass is 466 g/mol. The average molecular weight is 466 g/mol. The normalized spacial score (nSPS) is 26.6. The molecule has 0 saturated carbocycles. The number of carbonyl (C=O) groups excluding carboxylic acids is 2. The van der Waals surface area contributed by atoms with Gasteiger partial charge in [-0.05, 0) is 19.8 Å². The SMILES string of the molecule is CC(C)COC(=O)C1CC(C(F)(F)F)NN1.CC(C)OC(=O)C1CC(C(F)(F)F)NN1. The van der Waals surface area contributed by atoms with E-state index in [-0.39, 0.29) is 31.5 Å². The molecule has 2 rings (SSSR count). The molecule has 0 aromatic heterocycles. The van der Waals surface area contributed by atoms with Crippen LogP contribution in [0.4, 0.5) is 26.3 Å². The smallest absolute Gasteiger partial charge is 0.405 e. The molecule has 0 aromatic carbocycles. The number of rotatable bonds is 5. The minimum absolute atomic E-state index is 0.164. The minimum Gasteiger partial charge on any atom is -0.464 e. The van der Waals surface area contributed by atoms with Crippen molar-refractivity contribution in [3.8, 4) is 0 Å². The molecule has 0 aliphatic carbocycles. The van der Waals surface area contributed by atoms with E-state index in [0.717, 1.165) is 0 Å². The third-order valence-corrected chi connectivity index (χ3v) is 4.08. The van der Waals surface area contributed by atoms with Crippen LogP contribution in [0.25, 0.3) is 0 Å². The van der Waals surface area contributed by atoms with Gasteiger partial charge in [0.25, 0.3) is 0 Å². The van der Waals surface area contributed by atoms with Crippen molar-refractivity contribution < 1.29 is 45.4 Å². The van der Waals surface area contributed by atoms with Gasteiger partial charge < -0.3 is 9.47 Å². The van der Waals surface area contributed by atoms with Crippen LogP contribution in [0.15, 0.2) is 0 Å². The molecule has 0 amide bonds. The van der Waals surface area contributed by atoms with Crippen molar-refractivity contribution >= 4 is 11.9 Å². The van der Waals surface area contributed by atoms with Crippen molar-refractivity contribution in [3.63, 3.8) is 0 Å². The van der Waals surface area contributed by atoms with Crippen LogP contribution < -0.4 is 21.7 Å². The summed E-state index contributed by atoms with van der Waals surface area (Å²) in [5.74, 6) is -1.14. The molecule has 0 aromatic rings. The first-order valence-electron chi connectivity index (χ1n) is 9.63. The molecule has 2 saturated heterocycles. The van der Waals surface area contributed by atoms with Crippen molar-refractivity contribution in [2.24, 2.45) is 5.92 Å². The van der Waals surface area contributed by atoms with Gasteiger partial charge in [0.2, 0.25) is 0 Å². The van der Waals surface area contributed by atoms with Gasteiger partial charge in [0.1, 0.15) is 24.2 Å². The van der Waals surface area contributed by atoms with Gasteiger partial charge in [-0.15, -0.1) is 0 Å². The fourth-order valence-electron chi connectivity index (χ4n) is 2.51. The van der Waals surface area contributed by atoms with Gasteiger partial charge in [0.15, 0.2) is 0 Å². The van der Waals surface area contributed by atoms with Crippen LogP contribution in [0.1, 0.15) is 40.5 Å². The molecule has 8 nitrogen and oxygen atoms in total. The molecule has 31 heavy (non-hydrogen) atoms. The maximum Gasteiger partial charge on any atom is 0.405 e. The number of esters is 2. The van der Waals surface area contributed by atoms with E-state index >= 15 is 0 Å². The fourth-order valence-corrected chi connectivity index (χ4v) is 2.51. The predicted molar refractivity (Wildman–Crippen MR) is 96.1 cm³/mol. The van der Waals surface area contributed by atoms with E-state index in [2.05, 4.69) is 10.9 Å². The number of halogens is 6. The Balaban J connectivity index is 0.000000311. The van der Waals surface area contributed by atoms with Crippen molar-refractivity contribution in [2.45, 2.75) is 83.2 Å². The van der Waals surface area contributed by atoms with E-state index in [0.29, 0.717) is 0 Å². The molecule has 4 N–H and O–H groups in total. The first-order chi connectivity index (χ1) is 14.1. The van der Waals surface area contributed by atoms with Gasteiger partial charge in [-0.1, -0.05) is 13.8 Å². The molecule has 0 bridgehead atoms. The van der Waals surface area contributed by atoms with E-state index in [4.69, 9.17) is 9.47 Å². The van der Waals surface area contributed by atoms with E-state index in [1.807, 2.05) is 24.7 Å². The Hall–Kier alpha value is -1.64. The number of carbonyl (C=O) groups is 2. The van der Waals surface area contributed by atoms with Crippen LogP contribution in [-0.2, 0) is 19.1 Å². The van der Waals surface area contributed by atoms with E-state index in [1.54, 1.807) is 13.8 Å². The standard InChI is InChI=1S/C9H15F3N2O2.C8H13F3N2O2/c1-5(2)4-16-8(15)6-3-7(14-13-6)9(10,11)12;1-4(2)15-7(14)5-3-6(13-12-5)8(9,10)11/h5-7,13-14H,3-4H2,1-2H3;4-6,12-13H,3H2,1-2H3. The predicted octanol–water partition coefficient (Wildman–Crippen LogP) is 1.72. The first-order valence-corrected chi connectivity index (χ1v) is 9.63. The maximum absolute atomic E-state index is 12.3. The summed E-state index contributed by atoms with van der Waals surface area (Å²) in [6, 6.07) is -5.24. The third-order valence-electron chi connectivity index (χ3n) is 4.08. The van der Waals surface area contributed by atoms with Gasteiger partial charge in [-0.25, -0.2) is 21.7 Å². The summed E-state index contributed by atoms with van der Waals surface area (Å²) < 4.78 is 83.0. The van der Waals surface area contributed by atoms with Crippen LogP contribution in [0.5, 0.6) is 0 Å². The number of hydrogen-bond acceptors (Lipinski definition) is 8. The van der Waals surface area contributed by atoms with Gasteiger partial charge in [0, 0.05) is 12.8 Å². The summed E-state index contributed by atoms with van der Waals surface area (Å²) in [5, 5.41) is 0. The summed E-state index contributed by atoms with van der Waals surface area (Å²) in [5.41, 5.74) is 8.63. The molecule has 0 spiro atoms. The fraction of sp³-hybridized carbons (Fsp3) is 0.882. The summed E-state index contributed by atoms with van der Waals surface area (Å²) in [6.45, 7) is 7.20. The second-order valence-electron chi connectivity index (χ2n) is 7.85. The van der Waals surface area contributed by atoms with E-state index in [9.17, 15) is 35.9 Å². The number of ether oxygens (including phenoxy) is 2. The Bertz CT molecular complexity index is 600. The molecule has 2 heterocycles. The first kappa shape index (κ1) is 27.4. The van der Waals surface area contributed by atoms with Crippen LogP contribution in [0, 0.1) is 5.92 Å². The highest BCUT2D eigenvalue weighted by Crippen LogP contribution is 2.26. The zero-order valence-electron chi connectivity index (χ0n) is 17.5. The number of hydrazine groups is 2. The summed E-state index contributed by atoms with van der Waals surface area (Å²) in [4.78, 5) is 22.6.